The number of nitrogens with zero attached hydrogens (tertiary/aromatic N) is 2. The van der Waals surface area contributed by atoms with E-state index in [1.807, 2.05) is 0 Å². The zero-order chi connectivity index (χ0) is 26.5. The number of hydrogen-bond acceptors (Lipinski definition) is 6. The molecule has 37 heavy (non-hydrogen) atoms. The van der Waals surface area contributed by atoms with Crippen molar-refractivity contribution < 1.29 is 33.0 Å². The van der Waals surface area contributed by atoms with Crippen LogP contribution in [0.4, 0.5) is 20.6 Å². The number of amides is 4. The van der Waals surface area contributed by atoms with E-state index in [2.05, 4.69) is 5.32 Å². The molecule has 1 atom stereocenters. The summed E-state index contributed by atoms with van der Waals surface area (Å²) < 4.78 is 29.0. The Hall–Kier alpha value is -4.60. The third kappa shape index (κ3) is 5.48. The van der Waals surface area contributed by atoms with Crippen molar-refractivity contribution in [3.63, 3.8) is 0 Å². The Bertz CT molecular complexity index is 1300. The van der Waals surface area contributed by atoms with E-state index in [0.29, 0.717) is 34.2 Å². The highest BCUT2D eigenvalue weighted by atomic mass is 19.1. The molecule has 1 N–H and O–H groups in total. The number of urea groups is 1. The largest absolute Gasteiger partial charge is 0.497 e. The summed E-state index contributed by atoms with van der Waals surface area (Å²) in [4.78, 5) is 42.2. The van der Waals surface area contributed by atoms with Gasteiger partial charge in [-0.05, 0) is 66.2 Å². The molecule has 0 spiro atoms. The minimum Gasteiger partial charge on any atom is -0.497 e. The molecule has 0 radical (unpaired) electrons. The Labute approximate surface area is 213 Å². The normalized spacial score (nSPS) is 15.1. The van der Waals surface area contributed by atoms with Crippen LogP contribution in [0.2, 0.25) is 0 Å². The molecule has 10 heteroatoms. The van der Waals surface area contributed by atoms with Gasteiger partial charge in [-0.3, -0.25) is 9.59 Å². The molecule has 1 unspecified atom stereocenters. The van der Waals surface area contributed by atoms with E-state index in [9.17, 15) is 18.8 Å². The Morgan fingerprint density at radius 2 is 1.57 bits per heavy atom. The fraction of sp³-hybridized carbons (Fsp3) is 0.222. The van der Waals surface area contributed by atoms with Gasteiger partial charge in [-0.1, -0.05) is 6.07 Å². The molecule has 3 aromatic rings. The van der Waals surface area contributed by atoms with Crippen molar-refractivity contribution in [2.24, 2.45) is 0 Å². The van der Waals surface area contributed by atoms with Crippen LogP contribution in [0.3, 0.4) is 0 Å². The molecule has 3 aromatic carbocycles. The SMILES string of the molecule is COc1ccc(N2C(=O)C(CC(=O)Nc3ccc(F)cc3)N(Cc3ccc(OC)c(OC)c3)C2=O)cc1. The molecule has 1 heterocycles. The van der Waals surface area contributed by atoms with Crippen LogP contribution in [0.1, 0.15) is 12.0 Å². The first-order chi connectivity index (χ1) is 17.8. The van der Waals surface area contributed by atoms with Gasteiger partial charge in [0.15, 0.2) is 11.5 Å². The summed E-state index contributed by atoms with van der Waals surface area (Å²) in [6.07, 6.45) is -0.290. The van der Waals surface area contributed by atoms with E-state index in [1.54, 1.807) is 42.5 Å². The van der Waals surface area contributed by atoms with Gasteiger partial charge in [0, 0.05) is 12.2 Å². The number of nitrogens with one attached hydrogen (secondary N) is 1. The smallest absolute Gasteiger partial charge is 0.332 e. The molecule has 1 fully saturated rings. The van der Waals surface area contributed by atoms with Crippen molar-refractivity contribution >= 4 is 29.2 Å². The molecule has 1 saturated heterocycles. The summed E-state index contributed by atoms with van der Waals surface area (Å²) in [5.74, 6) is 0.0864. The molecule has 192 valence electrons. The highest BCUT2D eigenvalue weighted by molar-refractivity contribution is 6.22. The number of carbonyl (C=O) groups is 3. The molecule has 9 nitrogen and oxygen atoms in total. The van der Waals surface area contributed by atoms with Gasteiger partial charge in [0.1, 0.15) is 17.6 Å². The lowest BCUT2D eigenvalue weighted by atomic mass is 10.1. The average Bonchev–Trinajstić information content (AvgIpc) is 3.13. The summed E-state index contributed by atoms with van der Waals surface area (Å²) in [6, 6.07) is 15.3. The van der Waals surface area contributed by atoms with Gasteiger partial charge in [-0.25, -0.2) is 14.1 Å². The van der Waals surface area contributed by atoms with Crippen LogP contribution in [-0.2, 0) is 16.1 Å². The topological polar surface area (TPSA) is 97.4 Å². The van der Waals surface area contributed by atoms with Crippen LogP contribution in [0.25, 0.3) is 0 Å². The molecular formula is C27H26FN3O6. The molecule has 4 rings (SSSR count). The summed E-state index contributed by atoms with van der Waals surface area (Å²) in [5, 5.41) is 2.65. The highest BCUT2D eigenvalue weighted by Crippen LogP contribution is 2.32. The van der Waals surface area contributed by atoms with E-state index in [-0.39, 0.29) is 13.0 Å². The first-order valence-corrected chi connectivity index (χ1v) is 11.4. The maximum Gasteiger partial charge on any atom is 0.332 e. The van der Waals surface area contributed by atoms with Crippen LogP contribution in [-0.4, -0.2) is 50.1 Å². The maximum atomic E-state index is 13.5. The minimum absolute atomic E-state index is 0.0477. The number of hydrogen-bond donors (Lipinski definition) is 1. The first kappa shape index (κ1) is 25.5. The number of imide groups is 1. The van der Waals surface area contributed by atoms with Crippen molar-refractivity contribution in [1.29, 1.82) is 0 Å². The molecule has 0 bridgehead atoms. The molecule has 0 saturated carbocycles. The van der Waals surface area contributed by atoms with Gasteiger partial charge >= 0.3 is 6.03 Å². The summed E-state index contributed by atoms with van der Waals surface area (Å²) in [5.41, 5.74) is 1.41. The van der Waals surface area contributed by atoms with E-state index in [4.69, 9.17) is 14.2 Å². The van der Waals surface area contributed by atoms with Gasteiger partial charge in [-0.2, -0.15) is 0 Å². The number of methoxy groups -OCH3 is 3. The molecule has 1 aliphatic rings. The lowest BCUT2D eigenvalue weighted by molar-refractivity contribution is -0.124. The van der Waals surface area contributed by atoms with Crippen molar-refractivity contribution in [2.45, 2.75) is 19.0 Å². The van der Waals surface area contributed by atoms with E-state index in [1.165, 1.54) is 50.5 Å². The van der Waals surface area contributed by atoms with Crippen LogP contribution < -0.4 is 24.4 Å². The Morgan fingerprint density at radius 3 is 2.19 bits per heavy atom. The number of ether oxygens (including phenoxy) is 3. The van der Waals surface area contributed by atoms with Crippen LogP contribution in [0, 0.1) is 5.82 Å². The maximum absolute atomic E-state index is 13.5. The Kier molecular flexibility index (Phi) is 7.57. The fourth-order valence-electron chi connectivity index (χ4n) is 4.08. The van der Waals surface area contributed by atoms with E-state index in [0.717, 1.165) is 4.90 Å². The highest BCUT2D eigenvalue weighted by Gasteiger charge is 2.46. The standard InChI is InChI=1S/C27H26FN3O6/c1-35-21-11-9-20(10-12-21)31-26(33)22(15-25(32)29-19-7-5-18(28)6-8-19)30(27(31)34)16-17-4-13-23(36-2)24(14-17)37-3/h4-14,22H,15-16H2,1-3H3,(H,29,32). The number of carbonyl (C=O) groups excluding carboxylic acids is 3. The predicted molar refractivity (Wildman–Crippen MR) is 134 cm³/mol. The van der Waals surface area contributed by atoms with Crippen molar-refractivity contribution in [3.05, 3.63) is 78.1 Å². The summed E-state index contributed by atoms with van der Waals surface area (Å²) in [7, 11) is 4.53. The lowest BCUT2D eigenvalue weighted by Crippen LogP contribution is -2.37. The number of rotatable bonds is 9. The van der Waals surface area contributed by atoms with Gasteiger partial charge in [0.25, 0.3) is 5.91 Å². The van der Waals surface area contributed by atoms with Gasteiger partial charge < -0.3 is 24.4 Å². The monoisotopic (exact) mass is 507 g/mol. The van der Waals surface area contributed by atoms with Crippen LogP contribution in [0.15, 0.2) is 66.7 Å². The van der Waals surface area contributed by atoms with Crippen molar-refractivity contribution in [3.8, 4) is 17.2 Å². The van der Waals surface area contributed by atoms with Gasteiger partial charge in [-0.15, -0.1) is 0 Å². The first-order valence-electron chi connectivity index (χ1n) is 11.4. The predicted octanol–water partition coefficient (Wildman–Crippen LogP) is 4.22. The zero-order valence-corrected chi connectivity index (χ0v) is 20.6. The second-order valence-electron chi connectivity index (χ2n) is 8.25. The second kappa shape index (κ2) is 11.0. The molecular weight excluding hydrogens is 481 g/mol. The Balaban J connectivity index is 1.62. The third-order valence-electron chi connectivity index (χ3n) is 5.96. The van der Waals surface area contributed by atoms with Crippen LogP contribution in [0.5, 0.6) is 17.2 Å². The third-order valence-corrected chi connectivity index (χ3v) is 5.96. The number of anilines is 2. The van der Waals surface area contributed by atoms with Gasteiger partial charge in [0.2, 0.25) is 5.91 Å². The average molecular weight is 508 g/mol. The summed E-state index contributed by atoms with van der Waals surface area (Å²) in [6.45, 7) is 0.0477. The van der Waals surface area contributed by atoms with E-state index >= 15 is 0 Å². The summed E-state index contributed by atoms with van der Waals surface area (Å²) >= 11 is 0. The molecule has 1 aliphatic heterocycles. The second-order valence-corrected chi connectivity index (χ2v) is 8.25. The molecule has 4 amide bonds. The lowest BCUT2D eigenvalue weighted by Gasteiger charge is -2.22. The minimum atomic E-state index is -1.07. The van der Waals surface area contributed by atoms with E-state index < -0.39 is 29.7 Å². The van der Waals surface area contributed by atoms with Crippen molar-refractivity contribution in [1.82, 2.24) is 4.90 Å². The quantitative estimate of drug-likeness (QED) is 0.436. The van der Waals surface area contributed by atoms with Crippen LogP contribution >= 0.6 is 0 Å². The van der Waals surface area contributed by atoms with Crippen molar-refractivity contribution in [2.75, 3.05) is 31.5 Å². The van der Waals surface area contributed by atoms with Gasteiger partial charge in [0.05, 0.1) is 33.4 Å². The molecule has 0 aromatic heterocycles. The zero-order valence-electron chi connectivity index (χ0n) is 20.6. The number of halogens is 1. The Morgan fingerprint density at radius 1 is 0.892 bits per heavy atom. The fourth-order valence-corrected chi connectivity index (χ4v) is 4.08. The molecule has 0 aliphatic carbocycles. The number of benzene rings is 3.